The van der Waals surface area contributed by atoms with Crippen molar-refractivity contribution in [3.8, 4) is 11.5 Å². The van der Waals surface area contributed by atoms with E-state index in [0.717, 1.165) is 33.2 Å². The Morgan fingerprint density at radius 2 is 1.56 bits per heavy atom. The Morgan fingerprint density at radius 1 is 0.829 bits per heavy atom. The normalized spacial score (nSPS) is 11.0. The van der Waals surface area contributed by atoms with Gasteiger partial charge in [0.1, 0.15) is 18.1 Å². The Balaban J connectivity index is 1.21. The van der Waals surface area contributed by atoms with Crippen LogP contribution in [-0.2, 0) is 17.8 Å². The molecule has 0 saturated heterocycles. The number of phenols is 1. The lowest BCUT2D eigenvalue weighted by atomic mass is 10.0. The van der Waals surface area contributed by atoms with Gasteiger partial charge in [0, 0.05) is 22.2 Å². The maximum absolute atomic E-state index is 12.9. The van der Waals surface area contributed by atoms with Crippen molar-refractivity contribution in [2.24, 2.45) is 5.10 Å². The highest BCUT2D eigenvalue weighted by Crippen LogP contribution is 2.27. The molecule has 5 aromatic rings. The molecular weight excluding hydrogens is 538 g/mol. The first-order chi connectivity index (χ1) is 20.0. The second-order valence-electron chi connectivity index (χ2n) is 9.26. The van der Waals surface area contributed by atoms with Crippen LogP contribution in [0.25, 0.3) is 10.8 Å². The fraction of sp³-hybridized carbons (Fsp3) is 0.0606. The first-order valence-electron chi connectivity index (χ1n) is 12.9. The average Bonchev–Trinajstić information content (AvgIpc) is 2.99. The number of fused-ring (bicyclic) bond motifs is 1. The SMILES string of the molecule is O=C(Cc1ccc(OCc2ccccc2)cc1)Nc1ccc(/C=N/NC(=O)c2ccc(O)c(Cl)c2)c2ccccc12. The summed E-state index contributed by atoms with van der Waals surface area (Å²) in [5.41, 5.74) is 6.12. The zero-order valence-electron chi connectivity index (χ0n) is 21.9. The first-order valence-corrected chi connectivity index (χ1v) is 13.2. The molecule has 0 spiro atoms. The van der Waals surface area contributed by atoms with Gasteiger partial charge in [-0.25, -0.2) is 5.43 Å². The lowest BCUT2D eigenvalue weighted by molar-refractivity contribution is -0.115. The van der Waals surface area contributed by atoms with E-state index in [1.165, 1.54) is 24.4 Å². The van der Waals surface area contributed by atoms with Gasteiger partial charge in [-0.05, 0) is 52.9 Å². The highest BCUT2D eigenvalue weighted by atomic mass is 35.5. The number of amides is 2. The molecule has 0 radical (unpaired) electrons. The Labute approximate surface area is 242 Å². The molecule has 0 aliphatic rings. The quantitative estimate of drug-likeness (QED) is 0.137. The molecule has 8 heteroatoms. The predicted molar refractivity (Wildman–Crippen MR) is 162 cm³/mol. The number of halogens is 1. The summed E-state index contributed by atoms with van der Waals surface area (Å²) < 4.78 is 5.83. The minimum atomic E-state index is -0.466. The summed E-state index contributed by atoms with van der Waals surface area (Å²) in [4.78, 5) is 25.3. The molecule has 41 heavy (non-hydrogen) atoms. The molecule has 0 aliphatic heterocycles. The Morgan fingerprint density at radius 3 is 2.32 bits per heavy atom. The van der Waals surface area contributed by atoms with Crippen molar-refractivity contribution in [1.82, 2.24) is 5.43 Å². The van der Waals surface area contributed by atoms with Crippen molar-refractivity contribution in [3.63, 3.8) is 0 Å². The molecule has 7 nitrogen and oxygen atoms in total. The fourth-order valence-electron chi connectivity index (χ4n) is 4.24. The second-order valence-corrected chi connectivity index (χ2v) is 9.66. The van der Waals surface area contributed by atoms with Crippen LogP contribution < -0.4 is 15.5 Å². The third kappa shape index (κ3) is 7.09. The van der Waals surface area contributed by atoms with Gasteiger partial charge in [0.15, 0.2) is 0 Å². The van der Waals surface area contributed by atoms with Crippen LogP contribution in [-0.4, -0.2) is 23.1 Å². The number of anilines is 1. The summed E-state index contributed by atoms with van der Waals surface area (Å²) in [6.07, 6.45) is 1.75. The van der Waals surface area contributed by atoms with Gasteiger partial charge in [0.2, 0.25) is 5.91 Å². The van der Waals surface area contributed by atoms with Crippen molar-refractivity contribution >= 4 is 46.1 Å². The predicted octanol–water partition coefficient (Wildman–Crippen LogP) is 6.72. The lowest BCUT2D eigenvalue weighted by Gasteiger charge is -2.11. The van der Waals surface area contributed by atoms with Gasteiger partial charge in [-0.15, -0.1) is 0 Å². The van der Waals surface area contributed by atoms with Crippen molar-refractivity contribution in [1.29, 1.82) is 0 Å². The number of aromatic hydroxyl groups is 1. The van der Waals surface area contributed by atoms with Crippen LogP contribution in [0.4, 0.5) is 5.69 Å². The van der Waals surface area contributed by atoms with E-state index in [4.69, 9.17) is 16.3 Å². The number of rotatable bonds is 9. The van der Waals surface area contributed by atoms with Gasteiger partial charge in [-0.1, -0.05) is 84.4 Å². The van der Waals surface area contributed by atoms with Crippen LogP contribution in [0.1, 0.15) is 27.0 Å². The van der Waals surface area contributed by atoms with Gasteiger partial charge >= 0.3 is 0 Å². The molecule has 2 amide bonds. The van der Waals surface area contributed by atoms with Crippen LogP contribution in [0.5, 0.6) is 11.5 Å². The van der Waals surface area contributed by atoms with E-state index in [1.807, 2.05) is 91.0 Å². The Kier molecular flexibility index (Phi) is 8.57. The summed E-state index contributed by atoms with van der Waals surface area (Å²) in [5, 5.41) is 18.4. The van der Waals surface area contributed by atoms with E-state index in [0.29, 0.717) is 12.3 Å². The van der Waals surface area contributed by atoms with Gasteiger partial charge in [0.05, 0.1) is 17.7 Å². The van der Waals surface area contributed by atoms with Crippen LogP contribution >= 0.6 is 11.6 Å². The molecule has 3 N–H and O–H groups in total. The molecule has 0 atom stereocenters. The summed E-state index contributed by atoms with van der Waals surface area (Å²) in [5.74, 6) is 0.0261. The van der Waals surface area contributed by atoms with Gasteiger partial charge in [-0.3, -0.25) is 9.59 Å². The number of nitrogens with one attached hydrogen (secondary N) is 2. The summed E-state index contributed by atoms with van der Waals surface area (Å²) >= 11 is 5.88. The summed E-state index contributed by atoms with van der Waals surface area (Å²) in [6.45, 7) is 0.480. The number of hydrazone groups is 1. The van der Waals surface area contributed by atoms with E-state index in [2.05, 4.69) is 15.8 Å². The van der Waals surface area contributed by atoms with E-state index in [9.17, 15) is 14.7 Å². The highest BCUT2D eigenvalue weighted by molar-refractivity contribution is 6.32. The third-order valence-electron chi connectivity index (χ3n) is 6.35. The molecule has 0 fully saturated rings. The molecule has 0 saturated carbocycles. The Hall–Kier alpha value is -5.14. The maximum atomic E-state index is 12.9. The topological polar surface area (TPSA) is 100 Å². The van der Waals surface area contributed by atoms with Gasteiger partial charge in [-0.2, -0.15) is 5.10 Å². The van der Waals surface area contributed by atoms with Crippen molar-refractivity contribution in [3.05, 3.63) is 136 Å². The molecule has 204 valence electrons. The van der Waals surface area contributed by atoms with Gasteiger partial charge in [0.25, 0.3) is 5.91 Å². The van der Waals surface area contributed by atoms with E-state index >= 15 is 0 Å². The van der Waals surface area contributed by atoms with Crippen LogP contribution in [0, 0.1) is 0 Å². The molecule has 0 bridgehead atoms. The van der Waals surface area contributed by atoms with Gasteiger partial charge < -0.3 is 15.2 Å². The molecule has 0 aliphatic carbocycles. The molecule has 5 aromatic carbocycles. The molecule has 0 aromatic heterocycles. The number of carbonyl (C=O) groups excluding carboxylic acids is 2. The first kappa shape index (κ1) is 27.4. The standard InChI is InChI=1S/C33H26ClN3O4/c34-29-19-24(13-17-31(29)38)33(40)37-35-20-25-12-16-30(28-9-5-4-8-27(25)28)36-32(39)18-22-10-14-26(15-11-22)41-21-23-6-2-1-3-7-23/h1-17,19-20,38H,18,21H2,(H,36,39)(H,37,40)/b35-20+. The monoisotopic (exact) mass is 563 g/mol. The zero-order valence-corrected chi connectivity index (χ0v) is 22.6. The van der Waals surface area contributed by atoms with Crippen LogP contribution in [0.3, 0.4) is 0 Å². The molecule has 0 heterocycles. The zero-order chi connectivity index (χ0) is 28.6. The number of benzene rings is 5. The molecule has 5 rings (SSSR count). The third-order valence-corrected chi connectivity index (χ3v) is 6.65. The fourth-order valence-corrected chi connectivity index (χ4v) is 4.42. The van der Waals surface area contributed by atoms with Crippen molar-refractivity contribution in [2.75, 3.05) is 5.32 Å². The van der Waals surface area contributed by atoms with Crippen LogP contribution in [0.2, 0.25) is 5.02 Å². The average molecular weight is 564 g/mol. The number of carbonyl (C=O) groups is 2. The molecule has 0 unspecified atom stereocenters. The second kappa shape index (κ2) is 12.8. The van der Waals surface area contributed by atoms with Crippen molar-refractivity contribution in [2.45, 2.75) is 13.0 Å². The highest BCUT2D eigenvalue weighted by Gasteiger charge is 2.11. The largest absolute Gasteiger partial charge is 0.506 e. The van der Waals surface area contributed by atoms with Crippen molar-refractivity contribution < 1.29 is 19.4 Å². The number of ether oxygens (including phenoxy) is 1. The number of phenolic OH excluding ortho intramolecular Hbond substituents is 1. The van der Waals surface area contributed by atoms with Crippen LogP contribution in [0.15, 0.2) is 114 Å². The number of nitrogens with zero attached hydrogens (tertiary/aromatic N) is 1. The molecular formula is C33H26ClN3O4. The van der Waals surface area contributed by atoms with E-state index in [1.54, 1.807) is 0 Å². The minimum Gasteiger partial charge on any atom is -0.506 e. The number of hydrogen-bond donors (Lipinski definition) is 3. The maximum Gasteiger partial charge on any atom is 0.271 e. The van der Waals surface area contributed by atoms with E-state index in [-0.39, 0.29) is 28.7 Å². The summed E-state index contributed by atoms with van der Waals surface area (Å²) in [6, 6.07) is 32.9. The minimum absolute atomic E-state index is 0.0788. The van der Waals surface area contributed by atoms with E-state index < -0.39 is 5.91 Å². The smallest absolute Gasteiger partial charge is 0.271 e. The summed E-state index contributed by atoms with van der Waals surface area (Å²) in [7, 11) is 0. The number of hydrogen-bond acceptors (Lipinski definition) is 5. The lowest BCUT2D eigenvalue weighted by Crippen LogP contribution is -2.17. The Bertz CT molecular complexity index is 1720.